The Kier molecular flexibility index (Phi) is 5.58. The van der Waals surface area contributed by atoms with Crippen molar-refractivity contribution in [1.82, 2.24) is 9.78 Å². The number of amides is 1. The largest absolute Gasteiger partial charge is 0.493 e. The monoisotopic (exact) mass is 387 g/mol. The summed E-state index contributed by atoms with van der Waals surface area (Å²) < 4.78 is 36.3. The lowest BCUT2D eigenvalue weighted by molar-refractivity contribution is -0.0511. The van der Waals surface area contributed by atoms with Crippen molar-refractivity contribution in [3.05, 3.63) is 65.5 Å². The molecule has 146 valence electrons. The first kappa shape index (κ1) is 19.3. The van der Waals surface area contributed by atoms with Gasteiger partial charge in [-0.1, -0.05) is 18.2 Å². The summed E-state index contributed by atoms with van der Waals surface area (Å²) in [6.07, 6.45) is 0. The summed E-state index contributed by atoms with van der Waals surface area (Å²) in [5.41, 5.74) is 2.76. The minimum atomic E-state index is -3.01. The van der Waals surface area contributed by atoms with Gasteiger partial charge in [-0.3, -0.25) is 4.79 Å². The molecule has 0 fully saturated rings. The molecule has 28 heavy (non-hydrogen) atoms. The number of hydrogen-bond donors (Lipinski definition) is 1. The summed E-state index contributed by atoms with van der Waals surface area (Å²) in [6.45, 7) is 0.524. The van der Waals surface area contributed by atoms with Crippen LogP contribution in [-0.4, -0.2) is 29.4 Å². The van der Waals surface area contributed by atoms with Crippen LogP contribution in [0.3, 0.4) is 0 Å². The number of benzene rings is 2. The Labute approximate surface area is 160 Å². The summed E-state index contributed by atoms with van der Waals surface area (Å²) in [7, 11) is 1.34. The van der Waals surface area contributed by atoms with Gasteiger partial charge in [0.25, 0.3) is 5.91 Å². The van der Waals surface area contributed by atoms with Gasteiger partial charge in [-0.05, 0) is 38.1 Å². The summed E-state index contributed by atoms with van der Waals surface area (Å²) in [5.74, 6) is -0.420. The van der Waals surface area contributed by atoms with Gasteiger partial charge in [-0.15, -0.1) is 0 Å². The van der Waals surface area contributed by atoms with Gasteiger partial charge < -0.3 is 14.8 Å². The topological polar surface area (TPSA) is 65.4 Å². The Hall–Kier alpha value is -3.42. The number of para-hydroxylation sites is 1. The van der Waals surface area contributed by atoms with E-state index < -0.39 is 12.5 Å². The molecular weight excluding hydrogens is 368 g/mol. The summed E-state index contributed by atoms with van der Waals surface area (Å²) in [5, 5.41) is 7.14. The average molecular weight is 387 g/mol. The number of halogens is 2. The smallest absolute Gasteiger partial charge is 0.387 e. The maximum Gasteiger partial charge on any atom is 0.387 e. The molecule has 0 radical (unpaired) electrons. The van der Waals surface area contributed by atoms with E-state index in [1.165, 1.54) is 19.2 Å². The first-order valence-corrected chi connectivity index (χ1v) is 8.46. The molecule has 0 unspecified atom stereocenters. The van der Waals surface area contributed by atoms with E-state index in [9.17, 15) is 13.6 Å². The van der Waals surface area contributed by atoms with E-state index in [0.717, 1.165) is 5.69 Å². The van der Waals surface area contributed by atoms with Crippen LogP contribution in [0.15, 0.2) is 48.5 Å². The molecule has 1 heterocycles. The fourth-order valence-electron chi connectivity index (χ4n) is 2.93. The predicted molar refractivity (Wildman–Crippen MR) is 101 cm³/mol. The fourth-order valence-corrected chi connectivity index (χ4v) is 2.93. The second-order valence-electron chi connectivity index (χ2n) is 5.99. The number of anilines is 1. The molecule has 0 saturated heterocycles. The number of nitrogens with zero attached hydrogens (tertiary/aromatic N) is 2. The lowest BCUT2D eigenvalue weighted by Gasteiger charge is -2.12. The minimum Gasteiger partial charge on any atom is -0.493 e. The van der Waals surface area contributed by atoms with Crippen molar-refractivity contribution in [3.63, 3.8) is 0 Å². The molecule has 0 atom stereocenters. The SMILES string of the molecule is COc1ccc(NC(=O)c2c(C)nn(-c3ccccc3)c2C)cc1OC(F)F. The fraction of sp³-hybridized carbons (Fsp3) is 0.200. The van der Waals surface area contributed by atoms with Crippen LogP contribution in [0, 0.1) is 13.8 Å². The number of alkyl halides is 2. The van der Waals surface area contributed by atoms with Crippen molar-refractivity contribution >= 4 is 11.6 Å². The molecule has 0 aliphatic heterocycles. The molecule has 1 amide bonds. The zero-order valence-electron chi connectivity index (χ0n) is 15.6. The van der Waals surface area contributed by atoms with Gasteiger partial charge in [0.15, 0.2) is 11.5 Å². The number of nitrogens with one attached hydrogen (secondary N) is 1. The predicted octanol–water partition coefficient (Wildman–Crippen LogP) is 4.35. The first-order valence-electron chi connectivity index (χ1n) is 8.46. The van der Waals surface area contributed by atoms with Gasteiger partial charge in [0, 0.05) is 11.8 Å². The quantitative estimate of drug-likeness (QED) is 0.683. The zero-order valence-corrected chi connectivity index (χ0v) is 15.6. The van der Waals surface area contributed by atoms with E-state index in [4.69, 9.17) is 4.74 Å². The molecule has 6 nitrogen and oxygen atoms in total. The number of aromatic nitrogens is 2. The van der Waals surface area contributed by atoms with Gasteiger partial charge >= 0.3 is 6.61 Å². The Morgan fingerprint density at radius 1 is 1.11 bits per heavy atom. The summed E-state index contributed by atoms with van der Waals surface area (Å²) in [4.78, 5) is 12.8. The van der Waals surface area contributed by atoms with Crippen LogP contribution in [0.5, 0.6) is 11.5 Å². The molecular formula is C20H19F2N3O3. The van der Waals surface area contributed by atoms with Crippen LogP contribution in [0.25, 0.3) is 5.69 Å². The van der Waals surface area contributed by atoms with Crippen molar-refractivity contribution in [3.8, 4) is 17.2 Å². The van der Waals surface area contributed by atoms with Gasteiger partial charge in [0.2, 0.25) is 0 Å². The second kappa shape index (κ2) is 8.08. The van der Waals surface area contributed by atoms with Crippen molar-refractivity contribution in [2.24, 2.45) is 0 Å². The van der Waals surface area contributed by atoms with Gasteiger partial charge in [-0.25, -0.2) is 4.68 Å². The molecule has 0 bridgehead atoms. The Morgan fingerprint density at radius 2 is 1.82 bits per heavy atom. The Balaban J connectivity index is 1.89. The van der Waals surface area contributed by atoms with E-state index in [2.05, 4.69) is 15.2 Å². The molecule has 3 rings (SSSR count). The molecule has 1 aromatic heterocycles. The van der Waals surface area contributed by atoms with Crippen LogP contribution in [0.2, 0.25) is 0 Å². The van der Waals surface area contributed by atoms with E-state index >= 15 is 0 Å². The van der Waals surface area contributed by atoms with Crippen molar-refractivity contribution in [2.75, 3.05) is 12.4 Å². The molecule has 8 heteroatoms. The third-order valence-corrected chi connectivity index (χ3v) is 4.16. The lowest BCUT2D eigenvalue weighted by Crippen LogP contribution is -2.14. The van der Waals surface area contributed by atoms with E-state index in [0.29, 0.717) is 22.6 Å². The maximum atomic E-state index is 12.8. The van der Waals surface area contributed by atoms with Crippen molar-refractivity contribution in [2.45, 2.75) is 20.5 Å². The number of ether oxygens (including phenoxy) is 2. The molecule has 1 N–H and O–H groups in total. The summed E-state index contributed by atoms with van der Waals surface area (Å²) in [6, 6.07) is 13.7. The first-order chi connectivity index (χ1) is 13.4. The van der Waals surface area contributed by atoms with Gasteiger partial charge in [0.05, 0.1) is 29.7 Å². The normalized spacial score (nSPS) is 10.8. The van der Waals surface area contributed by atoms with Crippen LogP contribution < -0.4 is 14.8 Å². The average Bonchev–Trinajstić information content (AvgIpc) is 2.96. The maximum absolute atomic E-state index is 12.8. The molecule has 0 spiro atoms. The standard InChI is InChI=1S/C20H19F2N3O3/c1-12-18(13(2)25(24-12)15-7-5-4-6-8-15)19(26)23-14-9-10-16(27-3)17(11-14)28-20(21)22/h4-11,20H,1-3H3,(H,23,26). The number of carbonyl (C=O) groups is 1. The van der Waals surface area contributed by atoms with Crippen molar-refractivity contribution in [1.29, 1.82) is 0 Å². The highest BCUT2D eigenvalue weighted by molar-refractivity contribution is 6.06. The number of hydrogen-bond acceptors (Lipinski definition) is 4. The third-order valence-electron chi connectivity index (χ3n) is 4.16. The van der Waals surface area contributed by atoms with Gasteiger partial charge in [-0.2, -0.15) is 13.9 Å². The third kappa shape index (κ3) is 3.95. The van der Waals surface area contributed by atoms with E-state index in [-0.39, 0.29) is 11.5 Å². The van der Waals surface area contributed by atoms with E-state index in [1.54, 1.807) is 24.6 Å². The van der Waals surface area contributed by atoms with Crippen LogP contribution >= 0.6 is 0 Å². The number of carbonyl (C=O) groups excluding carboxylic acids is 1. The number of aryl methyl sites for hydroxylation is 1. The molecule has 2 aromatic carbocycles. The lowest BCUT2D eigenvalue weighted by atomic mass is 10.1. The minimum absolute atomic E-state index is 0.141. The Morgan fingerprint density at radius 3 is 2.46 bits per heavy atom. The van der Waals surface area contributed by atoms with E-state index in [1.807, 2.05) is 30.3 Å². The highest BCUT2D eigenvalue weighted by Gasteiger charge is 2.20. The summed E-state index contributed by atoms with van der Waals surface area (Å²) >= 11 is 0. The highest BCUT2D eigenvalue weighted by Crippen LogP contribution is 2.32. The Bertz CT molecular complexity index is 988. The number of rotatable bonds is 6. The zero-order chi connectivity index (χ0) is 20.3. The van der Waals surface area contributed by atoms with Crippen LogP contribution in [0.1, 0.15) is 21.7 Å². The molecule has 3 aromatic rings. The van der Waals surface area contributed by atoms with Crippen LogP contribution in [-0.2, 0) is 0 Å². The molecule has 0 saturated carbocycles. The highest BCUT2D eigenvalue weighted by atomic mass is 19.3. The number of methoxy groups -OCH3 is 1. The molecule has 0 aliphatic carbocycles. The van der Waals surface area contributed by atoms with Crippen LogP contribution in [0.4, 0.5) is 14.5 Å². The van der Waals surface area contributed by atoms with Gasteiger partial charge in [0.1, 0.15) is 0 Å². The molecule has 0 aliphatic rings. The van der Waals surface area contributed by atoms with Crippen molar-refractivity contribution < 1.29 is 23.0 Å². The second-order valence-corrected chi connectivity index (χ2v) is 5.99.